The summed E-state index contributed by atoms with van der Waals surface area (Å²) in [7, 11) is -3.38. The third-order valence-electron chi connectivity index (χ3n) is 4.87. The quantitative estimate of drug-likeness (QED) is 0.714. The molecule has 144 valence electrons. The average Bonchev–Trinajstić information content (AvgIpc) is 3.41. The van der Waals surface area contributed by atoms with Crippen molar-refractivity contribution in [3.63, 3.8) is 0 Å². The van der Waals surface area contributed by atoms with Crippen molar-refractivity contribution in [3.8, 4) is 5.69 Å². The molecule has 28 heavy (non-hydrogen) atoms. The minimum absolute atomic E-state index is 0.146. The fourth-order valence-electron chi connectivity index (χ4n) is 3.39. The van der Waals surface area contributed by atoms with Gasteiger partial charge in [0.1, 0.15) is 0 Å². The molecule has 0 atom stereocenters. The van der Waals surface area contributed by atoms with Gasteiger partial charge < -0.3 is 5.32 Å². The van der Waals surface area contributed by atoms with E-state index in [2.05, 4.69) is 15.5 Å². The second kappa shape index (κ2) is 7.55. The lowest BCUT2D eigenvalue weighted by Crippen LogP contribution is -2.18. The number of nitrogens with one attached hydrogen (secondary N) is 1. The Morgan fingerprint density at radius 3 is 2.54 bits per heavy atom. The highest BCUT2D eigenvalue weighted by Crippen LogP contribution is 2.30. The van der Waals surface area contributed by atoms with Crippen molar-refractivity contribution in [2.75, 3.05) is 5.32 Å². The molecule has 0 spiro atoms. The van der Waals surface area contributed by atoms with Gasteiger partial charge in [0.15, 0.2) is 15.5 Å². The number of hydrogen-bond donors (Lipinski definition) is 1. The lowest BCUT2D eigenvalue weighted by atomic mass is 10.3. The number of para-hydroxylation sites is 1. The summed E-state index contributed by atoms with van der Waals surface area (Å²) in [6.07, 6.45) is 4.65. The van der Waals surface area contributed by atoms with E-state index in [-0.39, 0.29) is 15.8 Å². The van der Waals surface area contributed by atoms with E-state index in [1.807, 2.05) is 30.3 Å². The van der Waals surface area contributed by atoms with Gasteiger partial charge in [0.25, 0.3) is 5.91 Å². The van der Waals surface area contributed by atoms with Crippen LogP contribution in [0.3, 0.4) is 0 Å². The van der Waals surface area contributed by atoms with Gasteiger partial charge in [-0.15, -0.1) is 5.10 Å². The summed E-state index contributed by atoms with van der Waals surface area (Å²) in [4.78, 5) is 14.1. The van der Waals surface area contributed by atoms with Gasteiger partial charge in [0, 0.05) is 5.69 Å². The van der Waals surface area contributed by atoms with Crippen LogP contribution in [0.25, 0.3) is 5.69 Å². The van der Waals surface area contributed by atoms with Gasteiger partial charge >= 0.3 is 0 Å². The zero-order chi connectivity index (χ0) is 19.6. The number of carbonyl (C=O) groups is 1. The van der Waals surface area contributed by atoms with Gasteiger partial charge in [-0.2, -0.15) is 9.90 Å². The average molecular weight is 396 g/mol. The summed E-state index contributed by atoms with van der Waals surface area (Å²) in [5, 5.41) is 10.7. The van der Waals surface area contributed by atoms with Crippen molar-refractivity contribution in [2.24, 2.45) is 0 Å². The van der Waals surface area contributed by atoms with Crippen LogP contribution in [-0.2, 0) is 9.84 Å². The number of sulfone groups is 1. The SMILES string of the molecule is O=C(Nc1cccc(S(=O)(=O)C2CCCC2)c1)c1cnn(-c2ccccc2)n1. The molecule has 1 heterocycles. The molecular formula is C20H20N4O3S. The molecule has 1 aliphatic rings. The standard InChI is InChI=1S/C20H20N4O3S/c25-20(19-14-21-24(23-19)16-8-2-1-3-9-16)22-15-7-6-12-18(13-15)28(26,27)17-10-4-5-11-17/h1-3,6-9,12-14,17H,4-5,10-11H2,(H,22,25). The van der Waals surface area contributed by atoms with E-state index in [1.54, 1.807) is 18.2 Å². The molecule has 3 aromatic rings. The summed E-state index contributed by atoms with van der Waals surface area (Å²) >= 11 is 0. The maximum absolute atomic E-state index is 12.8. The molecule has 1 N–H and O–H groups in total. The summed E-state index contributed by atoms with van der Waals surface area (Å²) in [6, 6.07) is 15.6. The van der Waals surface area contributed by atoms with Crippen LogP contribution >= 0.6 is 0 Å². The molecule has 4 rings (SSSR count). The largest absolute Gasteiger partial charge is 0.321 e. The first kappa shape index (κ1) is 18.4. The molecule has 0 aliphatic heterocycles. The van der Waals surface area contributed by atoms with Gasteiger partial charge in [0.2, 0.25) is 0 Å². The zero-order valence-corrected chi connectivity index (χ0v) is 16.0. The van der Waals surface area contributed by atoms with Crippen molar-refractivity contribution in [1.82, 2.24) is 15.0 Å². The van der Waals surface area contributed by atoms with Gasteiger partial charge in [-0.05, 0) is 43.2 Å². The molecule has 8 heteroatoms. The fraction of sp³-hybridized carbons (Fsp3) is 0.250. The zero-order valence-electron chi connectivity index (χ0n) is 15.2. The number of amides is 1. The second-order valence-corrected chi connectivity index (χ2v) is 9.02. The highest BCUT2D eigenvalue weighted by Gasteiger charge is 2.30. The number of hydrogen-bond acceptors (Lipinski definition) is 5. The van der Waals surface area contributed by atoms with E-state index in [4.69, 9.17) is 0 Å². The number of aromatic nitrogens is 3. The van der Waals surface area contributed by atoms with Crippen LogP contribution in [0, 0.1) is 0 Å². The highest BCUT2D eigenvalue weighted by molar-refractivity contribution is 7.92. The number of benzene rings is 2. The monoisotopic (exact) mass is 396 g/mol. The molecule has 1 aliphatic carbocycles. The third-order valence-corrected chi connectivity index (χ3v) is 7.13. The lowest BCUT2D eigenvalue weighted by Gasteiger charge is -2.12. The van der Waals surface area contributed by atoms with E-state index < -0.39 is 15.7 Å². The molecular weight excluding hydrogens is 376 g/mol. The first-order valence-electron chi connectivity index (χ1n) is 9.17. The Balaban J connectivity index is 1.52. The Hall–Kier alpha value is -3.00. The predicted molar refractivity (Wildman–Crippen MR) is 105 cm³/mol. The van der Waals surface area contributed by atoms with E-state index in [9.17, 15) is 13.2 Å². The van der Waals surface area contributed by atoms with Crippen LogP contribution in [0.4, 0.5) is 5.69 Å². The van der Waals surface area contributed by atoms with Crippen molar-refractivity contribution in [3.05, 3.63) is 66.5 Å². The topological polar surface area (TPSA) is 94.0 Å². The van der Waals surface area contributed by atoms with Gasteiger partial charge in [-0.25, -0.2) is 8.42 Å². The highest BCUT2D eigenvalue weighted by atomic mass is 32.2. The van der Waals surface area contributed by atoms with Crippen LogP contribution in [0.1, 0.15) is 36.2 Å². The number of anilines is 1. The van der Waals surface area contributed by atoms with Crippen LogP contribution < -0.4 is 5.32 Å². The lowest BCUT2D eigenvalue weighted by molar-refractivity contribution is 0.102. The summed E-state index contributed by atoms with van der Waals surface area (Å²) in [5.41, 5.74) is 1.30. The maximum atomic E-state index is 12.8. The van der Waals surface area contributed by atoms with Gasteiger partial charge in [-0.3, -0.25) is 4.79 Å². The van der Waals surface area contributed by atoms with Gasteiger partial charge in [0.05, 0.1) is 22.0 Å². The Labute approximate surface area is 163 Å². The molecule has 0 bridgehead atoms. The molecule has 1 aromatic heterocycles. The summed E-state index contributed by atoms with van der Waals surface area (Å²) in [5.74, 6) is -0.447. The van der Waals surface area contributed by atoms with Crippen molar-refractivity contribution in [2.45, 2.75) is 35.8 Å². The van der Waals surface area contributed by atoms with Crippen LogP contribution in [0.15, 0.2) is 65.7 Å². The second-order valence-electron chi connectivity index (χ2n) is 6.79. The van der Waals surface area contributed by atoms with E-state index in [0.717, 1.165) is 18.5 Å². The van der Waals surface area contributed by atoms with Crippen LogP contribution in [-0.4, -0.2) is 34.6 Å². The van der Waals surface area contributed by atoms with Crippen molar-refractivity contribution in [1.29, 1.82) is 0 Å². The molecule has 1 amide bonds. The summed E-state index contributed by atoms with van der Waals surface area (Å²) < 4.78 is 25.5. The first-order valence-corrected chi connectivity index (χ1v) is 10.7. The van der Waals surface area contributed by atoms with Crippen molar-refractivity contribution >= 4 is 21.4 Å². The predicted octanol–water partition coefficient (Wildman–Crippen LogP) is 3.24. The smallest absolute Gasteiger partial charge is 0.277 e. The Morgan fingerprint density at radius 2 is 1.79 bits per heavy atom. The van der Waals surface area contributed by atoms with E-state index >= 15 is 0 Å². The summed E-state index contributed by atoms with van der Waals surface area (Å²) in [6.45, 7) is 0. The third kappa shape index (κ3) is 3.68. The molecule has 7 nitrogen and oxygen atoms in total. The number of nitrogens with zero attached hydrogens (tertiary/aromatic N) is 3. The Kier molecular flexibility index (Phi) is 4.95. The van der Waals surface area contributed by atoms with E-state index in [1.165, 1.54) is 17.1 Å². The van der Waals surface area contributed by atoms with E-state index in [0.29, 0.717) is 18.5 Å². The molecule has 1 fully saturated rings. The number of carbonyl (C=O) groups excluding carboxylic acids is 1. The minimum Gasteiger partial charge on any atom is -0.321 e. The first-order chi connectivity index (χ1) is 13.5. The van der Waals surface area contributed by atoms with Gasteiger partial charge in [-0.1, -0.05) is 37.1 Å². The van der Waals surface area contributed by atoms with Crippen LogP contribution in [0.2, 0.25) is 0 Å². The van der Waals surface area contributed by atoms with Crippen molar-refractivity contribution < 1.29 is 13.2 Å². The minimum atomic E-state index is -3.38. The molecule has 0 radical (unpaired) electrons. The molecule has 1 saturated carbocycles. The molecule has 0 unspecified atom stereocenters. The fourth-order valence-corrected chi connectivity index (χ4v) is 5.29. The van der Waals surface area contributed by atoms with Crippen LogP contribution in [0.5, 0.6) is 0 Å². The normalized spacial score (nSPS) is 14.9. The molecule has 2 aromatic carbocycles. The molecule has 0 saturated heterocycles. The Morgan fingerprint density at radius 1 is 1.04 bits per heavy atom. The maximum Gasteiger partial charge on any atom is 0.277 e. The Bertz CT molecular complexity index is 1090. The number of rotatable bonds is 5.